The standard InChI is InChI=1S/C22H21FN4O/c1-14-13-24-22(25-18(14)11-7-15-5-9-17(23)10-6-15)26-19-4-2-3-16-8-12-20(28)27-21(16)19/h2-6,9-10,13H,7-8,11-12H2,1H3,(H,27,28)(H,24,25,26). The Morgan fingerprint density at radius 2 is 1.93 bits per heavy atom. The van der Waals surface area contributed by atoms with E-state index in [4.69, 9.17) is 0 Å². The van der Waals surface area contributed by atoms with Crippen LogP contribution in [0.5, 0.6) is 0 Å². The van der Waals surface area contributed by atoms with Crippen molar-refractivity contribution in [3.8, 4) is 0 Å². The van der Waals surface area contributed by atoms with Gasteiger partial charge in [0.15, 0.2) is 0 Å². The van der Waals surface area contributed by atoms with Crippen molar-refractivity contribution in [1.82, 2.24) is 9.97 Å². The molecule has 28 heavy (non-hydrogen) atoms. The number of carbonyl (C=O) groups excluding carboxylic acids is 1. The fraction of sp³-hybridized carbons (Fsp3) is 0.227. The summed E-state index contributed by atoms with van der Waals surface area (Å²) in [4.78, 5) is 20.8. The predicted molar refractivity (Wildman–Crippen MR) is 107 cm³/mol. The first-order chi connectivity index (χ1) is 13.6. The van der Waals surface area contributed by atoms with Gasteiger partial charge in [0.25, 0.3) is 0 Å². The predicted octanol–water partition coefficient (Wildman–Crippen LogP) is 4.34. The monoisotopic (exact) mass is 376 g/mol. The molecule has 0 fully saturated rings. The van der Waals surface area contributed by atoms with Crippen LogP contribution in [0.25, 0.3) is 0 Å². The molecule has 1 aliphatic rings. The van der Waals surface area contributed by atoms with Crippen LogP contribution in [0.15, 0.2) is 48.7 Å². The summed E-state index contributed by atoms with van der Waals surface area (Å²) in [5.74, 6) is 0.284. The van der Waals surface area contributed by atoms with E-state index in [2.05, 4.69) is 20.6 Å². The fourth-order valence-electron chi connectivity index (χ4n) is 3.34. The third kappa shape index (κ3) is 4.01. The molecule has 0 unspecified atom stereocenters. The summed E-state index contributed by atoms with van der Waals surface area (Å²) in [6.07, 6.45) is 4.54. The molecular weight excluding hydrogens is 355 g/mol. The summed E-state index contributed by atoms with van der Waals surface area (Å²) >= 11 is 0. The Morgan fingerprint density at radius 1 is 1.11 bits per heavy atom. The minimum absolute atomic E-state index is 0.0200. The molecule has 0 aliphatic carbocycles. The number of anilines is 3. The van der Waals surface area contributed by atoms with E-state index >= 15 is 0 Å². The highest BCUT2D eigenvalue weighted by Crippen LogP contribution is 2.32. The van der Waals surface area contributed by atoms with E-state index in [1.807, 2.05) is 25.1 Å². The SMILES string of the molecule is Cc1cnc(Nc2cccc3c2NC(=O)CC3)nc1CCc1ccc(F)cc1. The minimum Gasteiger partial charge on any atom is -0.324 e. The highest BCUT2D eigenvalue weighted by atomic mass is 19.1. The zero-order chi connectivity index (χ0) is 19.5. The van der Waals surface area contributed by atoms with Crippen molar-refractivity contribution in [2.24, 2.45) is 0 Å². The largest absolute Gasteiger partial charge is 0.324 e. The maximum absolute atomic E-state index is 13.1. The highest BCUT2D eigenvalue weighted by Gasteiger charge is 2.18. The number of fused-ring (bicyclic) bond motifs is 1. The Balaban J connectivity index is 1.53. The summed E-state index contributed by atoms with van der Waals surface area (Å²) in [6, 6.07) is 12.4. The number of hydrogen-bond acceptors (Lipinski definition) is 4. The molecule has 2 N–H and O–H groups in total. The van der Waals surface area contributed by atoms with Crippen molar-refractivity contribution in [1.29, 1.82) is 0 Å². The second-order valence-corrected chi connectivity index (χ2v) is 6.96. The number of rotatable bonds is 5. The van der Waals surface area contributed by atoms with Crippen LogP contribution in [-0.2, 0) is 24.1 Å². The number of aromatic nitrogens is 2. The molecule has 0 spiro atoms. The molecule has 0 bridgehead atoms. The van der Waals surface area contributed by atoms with Crippen LogP contribution < -0.4 is 10.6 Å². The first-order valence-electron chi connectivity index (χ1n) is 9.34. The molecule has 5 nitrogen and oxygen atoms in total. The minimum atomic E-state index is -0.230. The number of para-hydroxylation sites is 1. The van der Waals surface area contributed by atoms with Crippen LogP contribution in [0, 0.1) is 12.7 Å². The summed E-state index contributed by atoms with van der Waals surface area (Å²) in [5.41, 5.74) is 5.71. The number of amides is 1. The van der Waals surface area contributed by atoms with Crippen LogP contribution in [0.2, 0.25) is 0 Å². The van der Waals surface area contributed by atoms with Gasteiger partial charge in [-0.3, -0.25) is 4.79 Å². The number of carbonyl (C=O) groups is 1. The maximum atomic E-state index is 13.1. The van der Waals surface area contributed by atoms with E-state index in [9.17, 15) is 9.18 Å². The van der Waals surface area contributed by atoms with E-state index in [0.717, 1.165) is 53.0 Å². The Hall–Kier alpha value is -3.28. The average molecular weight is 376 g/mol. The average Bonchev–Trinajstić information content (AvgIpc) is 2.70. The van der Waals surface area contributed by atoms with Gasteiger partial charge in [0, 0.05) is 18.3 Å². The van der Waals surface area contributed by atoms with Crippen LogP contribution >= 0.6 is 0 Å². The van der Waals surface area contributed by atoms with E-state index in [1.165, 1.54) is 12.1 Å². The third-order valence-electron chi connectivity index (χ3n) is 4.92. The molecule has 6 heteroatoms. The quantitative estimate of drug-likeness (QED) is 0.695. The van der Waals surface area contributed by atoms with Gasteiger partial charge in [0.2, 0.25) is 11.9 Å². The Labute approximate surface area is 163 Å². The highest BCUT2D eigenvalue weighted by molar-refractivity contribution is 5.98. The van der Waals surface area contributed by atoms with Gasteiger partial charge in [-0.1, -0.05) is 24.3 Å². The number of nitrogens with zero attached hydrogens (tertiary/aromatic N) is 2. The first kappa shape index (κ1) is 18.1. The molecule has 1 amide bonds. The molecule has 3 aromatic rings. The summed E-state index contributed by atoms with van der Waals surface area (Å²) < 4.78 is 13.1. The second kappa shape index (κ2) is 7.76. The lowest BCUT2D eigenvalue weighted by Crippen LogP contribution is -2.20. The number of halogens is 1. The van der Waals surface area contributed by atoms with Crippen LogP contribution in [-0.4, -0.2) is 15.9 Å². The Morgan fingerprint density at radius 3 is 2.75 bits per heavy atom. The van der Waals surface area contributed by atoms with Gasteiger partial charge < -0.3 is 10.6 Å². The lowest BCUT2D eigenvalue weighted by Gasteiger charge is -2.20. The summed E-state index contributed by atoms with van der Waals surface area (Å²) in [7, 11) is 0. The Bertz CT molecular complexity index is 1020. The lowest BCUT2D eigenvalue weighted by molar-refractivity contribution is -0.116. The van der Waals surface area contributed by atoms with Crippen molar-refractivity contribution in [3.63, 3.8) is 0 Å². The molecular formula is C22H21FN4O. The summed E-state index contributed by atoms with van der Waals surface area (Å²) in [6.45, 7) is 1.98. The van der Waals surface area contributed by atoms with Gasteiger partial charge in [0.1, 0.15) is 5.82 Å². The topological polar surface area (TPSA) is 66.9 Å². The molecule has 0 atom stereocenters. The molecule has 1 aromatic heterocycles. The smallest absolute Gasteiger partial charge is 0.227 e. The van der Waals surface area contributed by atoms with E-state index < -0.39 is 0 Å². The van der Waals surface area contributed by atoms with Crippen LogP contribution in [0.3, 0.4) is 0 Å². The lowest BCUT2D eigenvalue weighted by atomic mass is 10.0. The van der Waals surface area contributed by atoms with Crippen molar-refractivity contribution in [2.75, 3.05) is 10.6 Å². The van der Waals surface area contributed by atoms with Gasteiger partial charge in [-0.25, -0.2) is 14.4 Å². The molecule has 4 rings (SSSR count). The van der Waals surface area contributed by atoms with E-state index in [1.54, 1.807) is 18.3 Å². The second-order valence-electron chi connectivity index (χ2n) is 6.96. The van der Waals surface area contributed by atoms with Crippen molar-refractivity contribution < 1.29 is 9.18 Å². The van der Waals surface area contributed by atoms with Gasteiger partial charge in [-0.2, -0.15) is 0 Å². The first-order valence-corrected chi connectivity index (χ1v) is 9.34. The number of aryl methyl sites for hydroxylation is 4. The fourth-order valence-corrected chi connectivity index (χ4v) is 3.34. The Kier molecular flexibility index (Phi) is 5.02. The normalized spacial score (nSPS) is 13.0. The molecule has 0 radical (unpaired) electrons. The molecule has 0 saturated carbocycles. The van der Waals surface area contributed by atoms with Crippen LogP contribution in [0.4, 0.5) is 21.7 Å². The van der Waals surface area contributed by atoms with E-state index in [-0.39, 0.29) is 11.7 Å². The van der Waals surface area contributed by atoms with Crippen molar-refractivity contribution in [3.05, 3.63) is 76.9 Å². The van der Waals surface area contributed by atoms with Crippen LogP contribution in [0.1, 0.15) is 28.8 Å². The zero-order valence-corrected chi connectivity index (χ0v) is 15.6. The van der Waals surface area contributed by atoms with Gasteiger partial charge in [-0.15, -0.1) is 0 Å². The molecule has 0 saturated heterocycles. The number of hydrogen-bond donors (Lipinski definition) is 2. The molecule has 2 aromatic carbocycles. The van der Waals surface area contributed by atoms with Crippen molar-refractivity contribution >= 4 is 23.2 Å². The molecule has 2 heterocycles. The summed E-state index contributed by atoms with van der Waals surface area (Å²) in [5, 5.41) is 6.18. The van der Waals surface area contributed by atoms with Crippen molar-refractivity contribution in [2.45, 2.75) is 32.6 Å². The van der Waals surface area contributed by atoms with Gasteiger partial charge >= 0.3 is 0 Å². The molecule has 1 aliphatic heterocycles. The molecule has 142 valence electrons. The third-order valence-corrected chi connectivity index (χ3v) is 4.92. The number of nitrogens with one attached hydrogen (secondary N) is 2. The maximum Gasteiger partial charge on any atom is 0.227 e. The zero-order valence-electron chi connectivity index (χ0n) is 15.6. The number of benzene rings is 2. The van der Waals surface area contributed by atoms with Gasteiger partial charge in [-0.05, 0) is 61.1 Å². The van der Waals surface area contributed by atoms with E-state index in [0.29, 0.717) is 12.4 Å². The van der Waals surface area contributed by atoms with Gasteiger partial charge in [0.05, 0.1) is 11.4 Å².